The molecule has 120 valence electrons. The largest absolute Gasteiger partial charge is 0.486 e. The van der Waals surface area contributed by atoms with E-state index in [9.17, 15) is 13.2 Å². The number of sulfone groups is 1. The highest BCUT2D eigenvalue weighted by Gasteiger charge is 2.38. The minimum absolute atomic E-state index is 0.0766. The van der Waals surface area contributed by atoms with Crippen LogP contribution in [0.3, 0.4) is 0 Å². The van der Waals surface area contributed by atoms with E-state index in [0.717, 1.165) is 19.1 Å². The van der Waals surface area contributed by atoms with E-state index in [1.54, 1.807) is 12.1 Å². The zero-order valence-corrected chi connectivity index (χ0v) is 13.1. The lowest BCUT2D eigenvalue weighted by Gasteiger charge is -2.25. The molecule has 0 saturated heterocycles. The molecule has 1 saturated carbocycles. The summed E-state index contributed by atoms with van der Waals surface area (Å²) in [5.41, 5.74) is 0.539. The molecule has 0 spiro atoms. The van der Waals surface area contributed by atoms with Crippen LogP contribution in [0, 0.1) is 5.92 Å². The van der Waals surface area contributed by atoms with E-state index in [4.69, 9.17) is 14.6 Å². The van der Waals surface area contributed by atoms with Crippen molar-refractivity contribution in [1.82, 2.24) is 0 Å². The fourth-order valence-electron chi connectivity index (χ4n) is 3.00. The number of carboxylic acid groups (broad SMARTS) is 1. The number of ether oxygens (including phenoxy) is 2. The van der Waals surface area contributed by atoms with Gasteiger partial charge in [0.1, 0.15) is 18.1 Å². The number of benzene rings is 1. The summed E-state index contributed by atoms with van der Waals surface area (Å²) in [6, 6.07) is 3.35. The van der Waals surface area contributed by atoms with E-state index in [-0.39, 0.29) is 35.5 Å². The Bertz CT molecular complexity index is 705. The van der Waals surface area contributed by atoms with E-state index in [1.165, 1.54) is 0 Å². The summed E-state index contributed by atoms with van der Waals surface area (Å²) < 4.78 is 35.5. The number of carbonyl (C=O) groups is 1. The highest BCUT2D eigenvalue weighted by atomic mass is 32.2. The second-order valence-corrected chi connectivity index (χ2v) is 7.77. The highest BCUT2D eigenvalue weighted by Crippen LogP contribution is 2.49. The molecule has 1 atom stereocenters. The molecule has 0 aromatic heterocycles. The first-order chi connectivity index (χ1) is 10.4. The van der Waals surface area contributed by atoms with E-state index in [1.807, 2.05) is 0 Å². The third kappa shape index (κ3) is 2.90. The van der Waals surface area contributed by atoms with E-state index in [2.05, 4.69) is 0 Å². The lowest BCUT2D eigenvalue weighted by atomic mass is 9.90. The van der Waals surface area contributed by atoms with Crippen LogP contribution in [0.15, 0.2) is 17.0 Å². The molecular weight excluding hydrogens is 308 g/mol. The van der Waals surface area contributed by atoms with Crippen LogP contribution >= 0.6 is 0 Å². The van der Waals surface area contributed by atoms with Gasteiger partial charge in [0.2, 0.25) is 0 Å². The molecule has 0 radical (unpaired) electrons. The van der Waals surface area contributed by atoms with Crippen LogP contribution in [0.1, 0.15) is 30.7 Å². The molecule has 3 rings (SSSR count). The van der Waals surface area contributed by atoms with Crippen LogP contribution in [-0.4, -0.2) is 39.0 Å². The quantitative estimate of drug-likeness (QED) is 0.888. The molecule has 1 fully saturated rings. The van der Waals surface area contributed by atoms with Crippen molar-refractivity contribution in [3.8, 4) is 11.5 Å². The van der Waals surface area contributed by atoms with Gasteiger partial charge in [-0.15, -0.1) is 0 Å². The smallest absolute Gasteiger partial charge is 0.303 e. The Morgan fingerprint density at radius 1 is 1.32 bits per heavy atom. The van der Waals surface area contributed by atoms with Gasteiger partial charge in [0, 0.05) is 6.26 Å². The first kappa shape index (κ1) is 15.1. The van der Waals surface area contributed by atoms with Crippen molar-refractivity contribution in [2.45, 2.75) is 30.1 Å². The monoisotopic (exact) mass is 326 g/mol. The summed E-state index contributed by atoms with van der Waals surface area (Å²) in [5.74, 6) is -0.383. The van der Waals surface area contributed by atoms with Crippen LogP contribution in [-0.2, 0) is 14.6 Å². The van der Waals surface area contributed by atoms with Gasteiger partial charge in [-0.25, -0.2) is 8.42 Å². The van der Waals surface area contributed by atoms with Crippen molar-refractivity contribution < 1.29 is 27.8 Å². The van der Waals surface area contributed by atoms with E-state index >= 15 is 0 Å². The number of hydrogen-bond donors (Lipinski definition) is 1. The number of rotatable bonds is 5. The molecular formula is C15H18O6S. The summed E-state index contributed by atoms with van der Waals surface area (Å²) in [6.07, 6.45) is 2.90. The molecule has 1 unspecified atom stereocenters. The number of fused-ring (bicyclic) bond motifs is 1. The van der Waals surface area contributed by atoms with E-state index < -0.39 is 15.8 Å². The predicted octanol–water partition coefficient (Wildman–Crippen LogP) is 1.83. The second-order valence-electron chi connectivity index (χ2n) is 5.82. The zero-order valence-electron chi connectivity index (χ0n) is 12.2. The number of hydrogen-bond acceptors (Lipinski definition) is 5. The van der Waals surface area contributed by atoms with Crippen molar-refractivity contribution >= 4 is 15.8 Å². The average Bonchev–Trinajstić information content (AvgIpc) is 3.26. The molecule has 0 amide bonds. The Labute approximate surface area is 129 Å². The van der Waals surface area contributed by atoms with Gasteiger partial charge in [0.15, 0.2) is 21.3 Å². The fourth-order valence-corrected chi connectivity index (χ4v) is 4.14. The summed E-state index contributed by atoms with van der Waals surface area (Å²) in [5, 5.41) is 9.15. The van der Waals surface area contributed by atoms with Crippen molar-refractivity contribution in [3.05, 3.63) is 17.7 Å². The third-order valence-electron chi connectivity index (χ3n) is 4.05. The summed E-state index contributed by atoms with van der Waals surface area (Å²) in [7, 11) is -3.56. The summed E-state index contributed by atoms with van der Waals surface area (Å²) in [6.45, 7) is 0.655. The molecule has 1 aliphatic heterocycles. The summed E-state index contributed by atoms with van der Waals surface area (Å²) >= 11 is 0. The molecule has 1 aliphatic carbocycles. The van der Waals surface area contributed by atoms with Crippen molar-refractivity contribution in [3.63, 3.8) is 0 Å². The maximum Gasteiger partial charge on any atom is 0.303 e. The van der Waals surface area contributed by atoms with Gasteiger partial charge >= 0.3 is 5.97 Å². The highest BCUT2D eigenvalue weighted by molar-refractivity contribution is 7.90. The lowest BCUT2D eigenvalue weighted by Crippen LogP contribution is -2.20. The number of carboxylic acids is 1. The van der Waals surface area contributed by atoms with Crippen molar-refractivity contribution in [1.29, 1.82) is 0 Å². The number of aliphatic carboxylic acids is 1. The van der Waals surface area contributed by atoms with Gasteiger partial charge in [-0.1, -0.05) is 6.07 Å². The topological polar surface area (TPSA) is 89.9 Å². The maximum absolute atomic E-state index is 12.3. The van der Waals surface area contributed by atoms with Gasteiger partial charge in [-0.05, 0) is 36.3 Å². The molecule has 2 aliphatic rings. The van der Waals surface area contributed by atoms with Gasteiger partial charge < -0.3 is 14.6 Å². The normalized spacial score (nSPS) is 18.8. The Kier molecular flexibility index (Phi) is 3.76. The minimum atomic E-state index is -3.56. The third-order valence-corrected chi connectivity index (χ3v) is 5.21. The van der Waals surface area contributed by atoms with Crippen LogP contribution < -0.4 is 9.47 Å². The van der Waals surface area contributed by atoms with Crippen LogP contribution in [0.2, 0.25) is 0 Å². The molecule has 1 aromatic rings. The summed E-state index contributed by atoms with van der Waals surface area (Å²) in [4.78, 5) is 11.2. The maximum atomic E-state index is 12.3. The van der Waals surface area contributed by atoms with Gasteiger partial charge in [0.25, 0.3) is 0 Å². The first-order valence-corrected chi connectivity index (χ1v) is 9.11. The molecule has 1 heterocycles. The van der Waals surface area contributed by atoms with Crippen molar-refractivity contribution in [2.75, 3.05) is 19.5 Å². The Morgan fingerprint density at radius 2 is 2.00 bits per heavy atom. The second kappa shape index (κ2) is 5.46. The van der Waals surface area contributed by atoms with Gasteiger partial charge in [0.05, 0.1) is 6.42 Å². The van der Waals surface area contributed by atoms with Crippen LogP contribution in [0.25, 0.3) is 0 Å². The zero-order chi connectivity index (χ0) is 15.9. The van der Waals surface area contributed by atoms with Gasteiger partial charge in [-0.2, -0.15) is 0 Å². The van der Waals surface area contributed by atoms with Crippen LogP contribution in [0.5, 0.6) is 11.5 Å². The van der Waals surface area contributed by atoms with Gasteiger partial charge in [-0.3, -0.25) is 4.79 Å². The SMILES string of the molecule is CS(=O)(=O)c1c(C(CC(=O)O)C2CC2)ccc2c1OCCO2. The Hall–Kier alpha value is -1.76. The van der Waals surface area contributed by atoms with E-state index in [0.29, 0.717) is 17.9 Å². The molecule has 22 heavy (non-hydrogen) atoms. The fraction of sp³-hybridized carbons (Fsp3) is 0.533. The standard InChI is InChI=1S/C15H18O6S/c1-22(18,19)15-10(11(8-13(16)17)9-2-3-9)4-5-12-14(15)21-7-6-20-12/h4-5,9,11H,2-3,6-8H2,1H3,(H,16,17). The van der Waals surface area contributed by atoms with Crippen LogP contribution in [0.4, 0.5) is 0 Å². The molecule has 7 heteroatoms. The molecule has 6 nitrogen and oxygen atoms in total. The minimum Gasteiger partial charge on any atom is -0.486 e. The van der Waals surface area contributed by atoms with Crippen molar-refractivity contribution in [2.24, 2.45) is 5.92 Å². The Balaban J connectivity index is 2.15. The molecule has 0 bridgehead atoms. The lowest BCUT2D eigenvalue weighted by molar-refractivity contribution is -0.137. The Morgan fingerprint density at radius 3 is 2.59 bits per heavy atom. The molecule has 1 N–H and O–H groups in total. The predicted molar refractivity (Wildman–Crippen MR) is 78.3 cm³/mol. The first-order valence-electron chi connectivity index (χ1n) is 7.22. The molecule has 1 aromatic carbocycles. The average molecular weight is 326 g/mol.